The van der Waals surface area contributed by atoms with Crippen molar-refractivity contribution in [3.05, 3.63) is 19.1 Å². The fraction of sp³-hybridized carbons (Fsp3) is 0.667. The Balaban J connectivity index is 2.23. The molecule has 1 atom stereocenters. The quantitative estimate of drug-likeness (QED) is 0.727. The van der Waals surface area contributed by atoms with Crippen LogP contribution in [0.3, 0.4) is 0 Å². The summed E-state index contributed by atoms with van der Waals surface area (Å²) in [5.74, 6) is 0. The second-order valence-corrected chi connectivity index (χ2v) is 3.79. The molecular formula is C12H20NO2. The minimum atomic E-state index is -0.298. The maximum absolute atomic E-state index is 11.3. The normalized spacial score (nSPS) is 23.7. The molecule has 0 aromatic heterocycles. The van der Waals surface area contributed by atoms with Gasteiger partial charge in [0, 0.05) is 6.54 Å². The Labute approximate surface area is 91.9 Å². The van der Waals surface area contributed by atoms with Crippen molar-refractivity contribution in [3.63, 3.8) is 0 Å². The zero-order valence-corrected chi connectivity index (χ0v) is 9.21. The van der Waals surface area contributed by atoms with E-state index in [0.29, 0.717) is 13.0 Å². The molecule has 15 heavy (non-hydrogen) atoms. The first-order valence-electron chi connectivity index (χ1n) is 5.71. The third-order valence-electron chi connectivity index (χ3n) is 2.44. The largest absolute Gasteiger partial charge is 0.446 e. The summed E-state index contributed by atoms with van der Waals surface area (Å²) in [6, 6.07) is 0. The summed E-state index contributed by atoms with van der Waals surface area (Å²) in [4.78, 5) is 11.3. The first kappa shape index (κ1) is 12.1. The number of nitrogens with one attached hydrogen (secondary N) is 1. The lowest BCUT2D eigenvalue weighted by Gasteiger charge is -2.18. The summed E-state index contributed by atoms with van der Waals surface area (Å²) in [5.41, 5.74) is 0. The van der Waals surface area contributed by atoms with Crippen LogP contribution < -0.4 is 5.32 Å². The number of ether oxygens (including phenoxy) is 1. The van der Waals surface area contributed by atoms with E-state index in [1.165, 1.54) is 0 Å². The summed E-state index contributed by atoms with van der Waals surface area (Å²) < 4.78 is 5.32. The maximum Gasteiger partial charge on any atom is 0.407 e. The van der Waals surface area contributed by atoms with Crippen LogP contribution in [0.4, 0.5) is 4.79 Å². The van der Waals surface area contributed by atoms with E-state index in [4.69, 9.17) is 4.74 Å². The average molecular weight is 210 g/mol. The van der Waals surface area contributed by atoms with Crippen LogP contribution in [-0.4, -0.2) is 18.7 Å². The molecule has 0 saturated heterocycles. The lowest BCUT2D eigenvalue weighted by Crippen LogP contribution is -2.29. The van der Waals surface area contributed by atoms with E-state index in [9.17, 15) is 4.79 Å². The lowest BCUT2D eigenvalue weighted by atomic mass is 10.0. The van der Waals surface area contributed by atoms with E-state index in [2.05, 4.69) is 24.4 Å². The van der Waals surface area contributed by atoms with Crippen molar-refractivity contribution in [1.82, 2.24) is 5.32 Å². The van der Waals surface area contributed by atoms with Crippen LogP contribution in [0, 0.1) is 6.92 Å². The lowest BCUT2D eigenvalue weighted by molar-refractivity contribution is 0.0866. The molecule has 1 amide bonds. The molecule has 0 spiro atoms. The van der Waals surface area contributed by atoms with Crippen molar-refractivity contribution in [3.8, 4) is 0 Å². The Bertz CT molecular complexity index is 214. The van der Waals surface area contributed by atoms with Gasteiger partial charge in [-0.2, -0.15) is 0 Å². The fourth-order valence-corrected chi connectivity index (χ4v) is 1.63. The van der Waals surface area contributed by atoms with E-state index in [1.807, 2.05) is 0 Å². The summed E-state index contributed by atoms with van der Waals surface area (Å²) >= 11 is 0. The molecule has 0 bridgehead atoms. The van der Waals surface area contributed by atoms with E-state index in [1.54, 1.807) is 0 Å². The van der Waals surface area contributed by atoms with E-state index < -0.39 is 0 Å². The number of rotatable bonds is 3. The fourth-order valence-electron chi connectivity index (χ4n) is 1.63. The zero-order valence-electron chi connectivity index (χ0n) is 9.21. The molecule has 85 valence electrons. The van der Waals surface area contributed by atoms with Gasteiger partial charge in [0.15, 0.2) is 0 Å². The third-order valence-corrected chi connectivity index (χ3v) is 2.44. The first-order valence-corrected chi connectivity index (χ1v) is 5.71. The van der Waals surface area contributed by atoms with Gasteiger partial charge in [0.2, 0.25) is 0 Å². The molecule has 1 N–H and O–H groups in total. The van der Waals surface area contributed by atoms with Crippen molar-refractivity contribution in [2.24, 2.45) is 0 Å². The molecule has 1 rings (SSSR count). The number of carbonyl (C=O) groups excluding carboxylic acids is 1. The minimum Gasteiger partial charge on any atom is -0.446 e. The van der Waals surface area contributed by atoms with Gasteiger partial charge in [-0.1, -0.05) is 19.1 Å². The molecule has 3 nitrogen and oxygen atoms in total. The van der Waals surface area contributed by atoms with Gasteiger partial charge in [-0.05, 0) is 38.5 Å². The SMILES string of the molecule is [CH2]CCNC(=O)OC1CC/C=C/CCC1. The van der Waals surface area contributed by atoms with Gasteiger partial charge >= 0.3 is 6.09 Å². The molecular weight excluding hydrogens is 190 g/mol. The Kier molecular flexibility index (Phi) is 5.90. The first-order chi connectivity index (χ1) is 7.33. The van der Waals surface area contributed by atoms with Crippen LogP contribution in [0.2, 0.25) is 0 Å². The molecule has 1 radical (unpaired) electrons. The van der Waals surface area contributed by atoms with Crippen molar-refractivity contribution >= 4 is 6.09 Å². The van der Waals surface area contributed by atoms with Crippen LogP contribution in [-0.2, 0) is 4.74 Å². The standard InChI is InChI=1S/C12H20NO2/c1-2-10-13-12(14)15-11-8-6-4-3-5-7-9-11/h3-4,11H,1-2,5-10H2,(H,13,14)/b4-3+. The Morgan fingerprint density at radius 1 is 1.40 bits per heavy atom. The van der Waals surface area contributed by atoms with Crippen LogP contribution in [0.15, 0.2) is 12.2 Å². The van der Waals surface area contributed by atoms with Crippen molar-refractivity contribution in [2.45, 2.75) is 44.6 Å². The van der Waals surface area contributed by atoms with E-state index in [-0.39, 0.29) is 12.2 Å². The van der Waals surface area contributed by atoms with Crippen molar-refractivity contribution in [2.75, 3.05) is 6.54 Å². The minimum absolute atomic E-state index is 0.0831. The highest BCUT2D eigenvalue weighted by molar-refractivity contribution is 5.67. The number of allylic oxidation sites excluding steroid dienone is 2. The van der Waals surface area contributed by atoms with Crippen LogP contribution in [0.1, 0.15) is 38.5 Å². The number of amides is 1. The predicted octanol–water partition coefficient (Wildman–Crippen LogP) is 2.83. The van der Waals surface area contributed by atoms with Gasteiger partial charge < -0.3 is 10.1 Å². The molecule has 1 aliphatic carbocycles. The maximum atomic E-state index is 11.3. The molecule has 0 aromatic carbocycles. The van der Waals surface area contributed by atoms with Gasteiger partial charge in [-0.3, -0.25) is 0 Å². The molecule has 0 aromatic rings. The number of alkyl carbamates (subject to hydrolysis) is 1. The highest BCUT2D eigenvalue weighted by Gasteiger charge is 2.13. The average Bonchev–Trinajstić information content (AvgIpc) is 2.19. The number of carbonyl (C=O) groups is 1. The van der Waals surface area contributed by atoms with Gasteiger partial charge in [0.25, 0.3) is 0 Å². The van der Waals surface area contributed by atoms with Gasteiger partial charge in [-0.25, -0.2) is 4.79 Å². The second-order valence-electron chi connectivity index (χ2n) is 3.79. The smallest absolute Gasteiger partial charge is 0.407 e. The monoisotopic (exact) mass is 210 g/mol. The Morgan fingerprint density at radius 3 is 3.00 bits per heavy atom. The third kappa shape index (κ3) is 5.45. The molecule has 1 aliphatic rings. The zero-order chi connectivity index (χ0) is 10.9. The highest BCUT2D eigenvalue weighted by Crippen LogP contribution is 2.15. The molecule has 0 heterocycles. The summed E-state index contributed by atoms with van der Waals surface area (Å²) in [6.45, 7) is 4.24. The predicted molar refractivity (Wildman–Crippen MR) is 60.5 cm³/mol. The van der Waals surface area contributed by atoms with Gasteiger partial charge in [0.1, 0.15) is 6.10 Å². The Hall–Kier alpha value is -0.990. The molecule has 1 unspecified atom stereocenters. The number of hydrogen-bond donors (Lipinski definition) is 1. The molecule has 3 heteroatoms. The summed E-state index contributed by atoms with van der Waals surface area (Å²) in [5, 5.41) is 2.67. The molecule has 0 aliphatic heterocycles. The van der Waals surface area contributed by atoms with Crippen LogP contribution in [0.25, 0.3) is 0 Å². The summed E-state index contributed by atoms with van der Waals surface area (Å²) in [7, 11) is 0. The van der Waals surface area contributed by atoms with Gasteiger partial charge in [0.05, 0.1) is 0 Å². The van der Waals surface area contributed by atoms with Crippen LogP contribution in [0.5, 0.6) is 0 Å². The van der Waals surface area contributed by atoms with E-state index in [0.717, 1.165) is 32.1 Å². The van der Waals surface area contributed by atoms with Crippen molar-refractivity contribution in [1.29, 1.82) is 0 Å². The van der Waals surface area contributed by atoms with Gasteiger partial charge in [-0.15, -0.1) is 0 Å². The topological polar surface area (TPSA) is 38.3 Å². The number of hydrogen-bond acceptors (Lipinski definition) is 2. The highest BCUT2D eigenvalue weighted by atomic mass is 16.6. The van der Waals surface area contributed by atoms with Crippen LogP contribution >= 0.6 is 0 Å². The molecule has 0 saturated carbocycles. The molecule has 0 fully saturated rings. The van der Waals surface area contributed by atoms with Crippen molar-refractivity contribution < 1.29 is 9.53 Å². The second kappa shape index (κ2) is 7.32. The summed E-state index contributed by atoms with van der Waals surface area (Å²) in [6.07, 6.45) is 9.98. The Morgan fingerprint density at radius 2 is 2.20 bits per heavy atom. The van der Waals surface area contributed by atoms with E-state index >= 15 is 0 Å².